The van der Waals surface area contributed by atoms with Crippen LogP contribution >= 0.6 is 15.9 Å². The smallest absolute Gasteiger partial charge is 0.00523 e. The van der Waals surface area contributed by atoms with Crippen LogP contribution in [0.4, 0.5) is 0 Å². The number of allylic oxidation sites excluding steroid dienone is 3. The zero-order valence-corrected chi connectivity index (χ0v) is 6.03. The van der Waals surface area contributed by atoms with Crippen molar-refractivity contribution in [1.29, 1.82) is 0 Å². The van der Waals surface area contributed by atoms with Crippen molar-refractivity contribution in [3.05, 3.63) is 23.2 Å². The van der Waals surface area contributed by atoms with Crippen LogP contribution in [0.25, 0.3) is 0 Å². The van der Waals surface area contributed by atoms with Gasteiger partial charge in [-0.1, -0.05) is 41.6 Å². The van der Waals surface area contributed by atoms with Crippen LogP contribution in [-0.4, -0.2) is 0 Å². The predicted octanol–water partition coefficient (Wildman–Crippen LogP) is 2.86. The summed E-state index contributed by atoms with van der Waals surface area (Å²) in [7, 11) is 0. The van der Waals surface area contributed by atoms with Crippen LogP contribution < -0.4 is 0 Å². The quantitative estimate of drug-likeness (QED) is 0.546. The Morgan fingerprint density at radius 1 is 1.86 bits per heavy atom. The molecule has 0 aromatic carbocycles. The van der Waals surface area contributed by atoms with Gasteiger partial charge >= 0.3 is 0 Å². The molecule has 0 spiro atoms. The highest BCUT2D eigenvalue weighted by molar-refractivity contribution is 9.11. The Morgan fingerprint density at radius 3 is 2.57 bits per heavy atom. The molecule has 0 aromatic rings. The minimum absolute atomic E-state index is 1.05. The van der Waals surface area contributed by atoms with Crippen LogP contribution in [0.5, 0.6) is 0 Å². The topological polar surface area (TPSA) is 0 Å². The maximum absolute atomic E-state index is 3.54. The second kappa shape index (κ2) is 4.13. The third-order valence-corrected chi connectivity index (χ3v) is 1.46. The second-order valence-corrected chi connectivity index (χ2v) is 2.22. The molecule has 0 rings (SSSR count). The summed E-state index contributed by atoms with van der Waals surface area (Å²) in [5.41, 5.74) is 0. The molecule has 0 atom stereocenters. The van der Waals surface area contributed by atoms with E-state index in [1.165, 1.54) is 4.48 Å². The van der Waals surface area contributed by atoms with E-state index in [4.69, 9.17) is 0 Å². The fourth-order valence-corrected chi connectivity index (χ4v) is 0.433. The summed E-state index contributed by atoms with van der Waals surface area (Å²) in [6.07, 6.45) is 4.76. The molecule has 0 fully saturated rings. The average Bonchev–Trinajstić information content (AvgIpc) is 1.68. The first-order valence-corrected chi connectivity index (χ1v) is 3.07. The molecule has 0 heterocycles. The van der Waals surface area contributed by atoms with E-state index in [1.807, 2.05) is 6.08 Å². The second-order valence-electron chi connectivity index (χ2n) is 1.20. The highest BCUT2D eigenvalue weighted by atomic mass is 79.9. The van der Waals surface area contributed by atoms with Crippen LogP contribution in [0.15, 0.2) is 23.2 Å². The molecule has 0 saturated heterocycles. The molecule has 0 N–H and O–H groups in total. The van der Waals surface area contributed by atoms with E-state index in [9.17, 15) is 0 Å². The van der Waals surface area contributed by atoms with Crippen molar-refractivity contribution in [2.75, 3.05) is 0 Å². The summed E-state index contributed by atoms with van der Waals surface area (Å²) in [5.74, 6) is 0. The van der Waals surface area contributed by atoms with Gasteiger partial charge in [0.2, 0.25) is 0 Å². The molecule has 0 nitrogen and oxygen atoms in total. The van der Waals surface area contributed by atoms with Gasteiger partial charge in [0.25, 0.3) is 0 Å². The fraction of sp³-hybridized carbons (Fsp3) is 0.333. The van der Waals surface area contributed by atoms with Gasteiger partial charge in [-0.3, -0.25) is 0 Å². The first-order valence-electron chi connectivity index (χ1n) is 2.28. The van der Waals surface area contributed by atoms with Crippen LogP contribution in [-0.2, 0) is 0 Å². The Labute approximate surface area is 53.1 Å². The van der Waals surface area contributed by atoms with Gasteiger partial charge in [-0.05, 0) is 10.9 Å². The zero-order valence-electron chi connectivity index (χ0n) is 4.45. The van der Waals surface area contributed by atoms with E-state index < -0.39 is 0 Å². The van der Waals surface area contributed by atoms with E-state index in [0.29, 0.717) is 0 Å². The summed E-state index contributed by atoms with van der Waals surface area (Å²) >= 11 is 3.33. The minimum atomic E-state index is 1.05. The average molecular weight is 161 g/mol. The number of hydrogen-bond acceptors (Lipinski definition) is 0. The largest absolute Gasteiger partial charge is 0.0990 e. The van der Waals surface area contributed by atoms with E-state index in [0.717, 1.165) is 6.42 Å². The molecule has 0 aliphatic heterocycles. The van der Waals surface area contributed by atoms with Gasteiger partial charge in [0.1, 0.15) is 0 Å². The lowest BCUT2D eigenvalue weighted by molar-refractivity contribution is 1.21. The molecule has 0 unspecified atom stereocenters. The van der Waals surface area contributed by atoms with E-state index >= 15 is 0 Å². The van der Waals surface area contributed by atoms with Crippen molar-refractivity contribution in [3.8, 4) is 0 Å². The Hall–Kier alpha value is -0.0400. The SMILES string of the molecule is C=C/C=C(/Br)CC. The first-order chi connectivity index (χ1) is 3.31. The molecule has 0 radical (unpaired) electrons. The first kappa shape index (κ1) is 6.96. The number of halogens is 1. The maximum Gasteiger partial charge on any atom is -0.00523 e. The minimum Gasteiger partial charge on any atom is -0.0990 e. The molecule has 0 aliphatic carbocycles. The number of rotatable bonds is 2. The normalized spacial score (nSPS) is 11.4. The van der Waals surface area contributed by atoms with Crippen LogP contribution in [0.1, 0.15) is 13.3 Å². The van der Waals surface area contributed by atoms with Crippen molar-refractivity contribution < 1.29 is 0 Å². The summed E-state index contributed by atoms with van der Waals surface area (Å²) in [6.45, 7) is 5.63. The summed E-state index contributed by atoms with van der Waals surface area (Å²) in [5, 5.41) is 0. The lowest BCUT2D eigenvalue weighted by Crippen LogP contribution is -1.59. The van der Waals surface area contributed by atoms with Gasteiger partial charge in [0.15, 0.2) is 0 Å². The van der Waals surface area contributed by atoms with E-state index in [1.54, 1.807) is 6.08 Å². The van der Waals surface area contributed by atoms with Crippen molar-refractivity contribution in [2.24, 2.45) is 0 Å². The lowest BCUT2D eigenvalue weighted by Gasteiger charge is -1.83. The van der Waals surface area contributed by atoms with Gasteiger partial charge < -0.3 is 0 Å². The summed E-state index contributed by atoms with van der Waals surface area (Å²) in [6, 6.07) is 0. The monoisotopic (exact) mass is 160 g/mol. The lowest BCUT2D eigenvalue weighted by atomic mass is 10.4. The molecular formula is C6H9Br. The Morgan fingerprint density at radius 2 is 2.43 bits per heavy atom. The molecule has 0 amide bonds. The Kier molecular flexibility index (Phi) is 4.10. The van der Waals surface area contributed by atoms with Gasteiger partial charge in [-0.25, -0.2) is 0 Å². The zero-order chi connectivity index (χ0) is 5.70. The van der Waals surface area contributed by atoms with Gasteiger partial charge in [-0.2, -0.15) is 0 Å². The van der Waals surface area contributed by atoms with Crippen LogP contribution in [0, 0.1) is 0 Å². The van der Waals surface area contributed by atoms with Crippen LogP contribution in [0.3, 0.4) is 0 Å². The molecular weight excluding hydrogens is 152 g/mol. The highest BCUT2D eigenvalue weighted by Crippen LogP contribution is 2.07. The van der Waals surface area contributed by atoms with E-state index in [-0.39, 0.29) is 0 Å². The van der Waals surface area contributed by atoms with Crippen molar-refractivity contribution in [3.63, 3.8) is 0 Å². The molecule has 0 aromatic heterocycles. The van der Waals surface area contributed by atoms with Crippen molar-refractivity contribution in [1.82, 2.24) is 0 Å². The molecule has 40 valence electrons. The fourth-order valence-electron chi connectivity index (χ4n) is 0.246. The van der Waals surface area contributed by atoms with Crippen LogP contribution in [0.2, 0.25) is 0 Å². The summed E-state index contributed by atoms with van der Waals surface area (Å²) in [4.78, 5) is 0. The predicted molar refractivity (Wildman–Crippen MR) is 37.5 cm³/mol. The third kappa shape index (κ3) is 3.80. The van der Waals surface area contributed by atoms with Gasteiger partial charge in [0.05, 0.1) is 0 Å². The molecule has 1 heteroatoms. The van der Waals surface area contributed by atoms with E-state index in [2.05, 4.69) is 29.4 Å². The maximum atomic E-state index is 3.54. The highest BCUT2D eigenvalue weighted by Gasteiger charge is 1.77. The third-order valence-electron chi connectivity index (χ3n) is 0.636. The number of hydrogen-bond donors (Lipinski definition) is 0. The molecule has 7 heavy (non-hydrogen) atoms. The Balaban J connectivity index is 3.49. The van der Waals surface area contributed by atoms with Gasteiger partial charge in [0, 0.05) is 0 Å². The van der Waals surface area contributed by atoms with Gasteiger partial charge in [-0.15, -0.1) is 0 Å². The van der Waals surface area contributed by atoms with Crippen molar-refractivity contribution in [2.45, 2.75) is 13.3 Å². The molecule has 0 bridgehead atoms. The molecule has 0 aliphatic rings. The van der Waals surface area contributed by atoms with Crippen molar-refractivity contribution >= 4 is 15.9 Å². The standard InChI is InChI=1S/C6H9Br/c1-3-5-6(7)4-2/h3,5H,1,4H2,2H3/b6-5+. The summed E-state index contributed by atoms with van der Waals surface area (Å²) < 4.78 is 1.20. The Bertz CT molecular complexity index is 82.2. The molecule has 0 saturated carbocycles.